The Bertz CT molecular complexity index is 940. The molecule has 1 N–H and O–H groups in total. The molecule has 28 heavy (non-hydrogen) atoms. The van der Waals surface area contributed by atoms with Crippen LogP contribution in [0.15, 0.2) is 54.6 Å². The van der Waals surface area contributed by atoms with E-state index in [0.717, 1.165) is 15.5 Å². The Morgan fingerprint density at radius 2 is 1.79 bits per heavy atom. The number of carbonyl (C=O) groups is 1. The molecule has 5 heteroatoms. The standard InChI is InChI=1S/C23H24O4S/c1-15-6-4-7-16(2)23(15)18-9-5-8-17(12-18)14-27-22-11-10-20(28-22)19(26-3)13-21(24)25/h4-12,19H,13-14H2,1-3H3,(H,24,25). The first kappa shape index (κ1) is 20.1. The van der Waals surface area contributed by atoms with Crippen LogP contribution in [0.3, 0.4) is 0 Å². The van der Waals surface area contributed by atoms with Gasteiger partial charge in [-0.15, -0.1) is 11.3 Å². The lowest BCUT2D eigenvalue weighted by Crippen LogP contribution is -2.06. The van der Waals surface area contributed by atoms with Crippen LogP contribution < -0.4 is 4.74 Å². The van der Waals surface area contributed by atoms with Crippen LogP contribution in [0.2, 0.25) is 0 Å². The molecule has 0 saturated carbocycles. The molecule has 146 valence electrons. The quantitative estimate of drug-likeness (QED) is 0.525. The smallest absolute Gasteiger partial charge is 0.306 e. The second kappa shape index (κ2) is 9.04. The minimum atomic E-state index is -0.883. The molecule has 1 atom stereocenters. The largest absolute Gasteiger partial charge is 0.481 e. The summed E-state index contributed by atoms with van der Waals surface area (Å²) in [5.41, 5.74) is 6.04. The number of ether oxygens (including phenoxy) is 2. The van der Waals surface area contributed by atoms with Crippen molar-refractivity contribution in [3.63, 3.8) is 0 Å². The van der Waals surface area contributed by atoms with Gasteiger partial charge in [-0.2, -0.15) is 0 Å². The molecule has 0 amide bonds. The van der Waals surface area contributed by atoms with E-state index in [1.165, 1.54) is 40.7 Å². The second-order valence-electron chi connectivity index (χ2n) is 6.73. The van der Waals surface area contributed by atoms with Crippen LogP contribution in [0.5, 0.6) is 5.06 Å². The highest BCUT2D eigenvalue weighted by Crippen LogP contribution is 2.33. The average molecular weight is 397 g/mol. The third-order valence-electron chi connectivity index (χ3n) is 4.64. The van der Waals surface area contributed by atoms with E-state index in [4.69, 9.17) is 14.6 Å². The molecule has 3 aromatic rings. The van der Waals surface area contributed by atoms with Crippen LogP contribution in [0.4, 0.5) is 0 Å². The van der Waals surface area contributed by atoms with Gasteiger partial charge in [-0.3, -0.25) is 4.79 Å². The molecule has 2 aromatic carbocycles. The van der Waals surface area contributed by atoms with Crippen LogP contribution in [-0.2, 0) is 16.1 Å². The minimum absolute atomic E-state index is 0.0612. The third-order valence-corrected chi connectivity index (χ3v) is 5.73. The van der Waals surface area contributed by atoms with Gasteiger partial charge in [0.1, 0.15) is 12.7 Å². The van der Waals surface area contributed by atoms with Gasteiger partial charge in [0.05, 0.1) is 6.42 Å². The molecule has 0 aliphatic rings. The zero-order chi connectivity index (χ0) is 20.1. The average Bonchev–Trinajstić information content (AvgIpc) is 3.13. The Hall–Kier alpha value is -2.63. The Morgan fingerprint density at radius 1 is 1.07 bits per heavy atom. The molecule has 0 bridgehead atoms. The molecular weight excluding hydrogens is 372 g/mol. The molecular formula is C23H24O4S. The number of aryl methyl sites for hydroxylation is 2. The minimum Gasteiger partial charge on any atom is -0.481 e. The van der Waals surface area contributed by atoms with Gasteiger partial charge in [-0.25, -0.2) is 0 Å². The summed E-state index contributed by atoms with van der Waals surface area (Å²) < 4.78 is 11.2. The van der Waals surface area contributed by atoms with E-state index in [-0.39, 0.29) is 6.42 Å². The van der Waals surface area contributed by atoms with Gasteiger partial charge in [0.15, 0.2) is 5.06 Å². The molecule has 1 heterocycles. The molecule has 3 rings (SSSR count). The maximum Gasteiger partial charge on any atom is 0.306 e. The number of benzene rings is 2. The van der Waals surface area contributed by atoms with Gasteiger partial charge in [-0.05, 0) is 59.9 Å². The van der Waals surface area contributed by atoms with Crippen molar-refractivity contribution in [2.75, 3.05) is 7.11 Å². The van der Waals surface area contributed by atoms with Crippen molar-refractivity contribution < 1.29 is 19.4 Å². The van der Waals surface area contributed by atoms with Crippen LogP contribution in [0.25, 0.3) is 11.1 Å². The molecule has 0 radical (unpaired) electrons. The molecule has 0 aliphatic heterocycles. The van der Waals surface area contributed by atoms with Crippen LogP contribution in [0.1, 0.15) is 34.1 Å². The normalized spacial score (nSPS) is 12.0. The summed E-state index contributed by atoms with van der Waals surface area (Å²) in [6.07, 6.45) is -0.513. The van der Waals surface area contributed by atoms with Gasteiger partial charge in [-0.1, -0.05) is 36.4 Å². The SMILES string of the molecule is COC(CC(=O)O)c1ccc(OCc2cccc(-c3c(C)cccc3C)c2)s1. The topological polar surface area (TPSA) is 55.8 Å². The summed E-state index contributed by atoms with van der Waals surface area (Å²) in [6.45, 7) is 4.71. The highest BCUT2D eigenvalue weighted by Gasteiger charge is 2.17. The summed E-state index contributed by atoms with van der Waals surface area (Å²) in [6, 6.07) is 18.4. The predicted octanol–water partition coefficient (Wildman–Crippen LogP) is 5.77. The molecule has 0 fully saturated rings. The Balaban J connectivity index is 1.72. The lowest BCUT2D eigenvalue weighted by Gasteiger charge is -2.12. The van der Waals surface area contributed by atoms with Gasteiger partial charge >= 0.3 is 5.97 Å². The summed E-state index contributed by atoms with van der Waals surface area (Å²) in [5.74, 6) is -0.883. The number of rotatable bonds is 8. The van der Waals surface area contributed by atoms with E-state index < -0.39 is 12.1 Å². The predicted molar refractivity (Wildman–Crippen MR) is 112 cm³/mol. The zero-order valence-corrected chi connectivity index (χ0v) is 17.1. The fourth-order valence-corrected chi connectivity index (χ4v) is 4.22. The number of carboxylic acid groups (broad SMARTS) is 1. The van der Waals surface area contributed by atoms with Crippen molar-refractivity contribution in [2.24, 2.45) is 0 Å². The number of aliphatic carboxylic acids is 1. The first-order chi connectivity index (χ1) is 13.5. The highest BCUT2D eigenvalue weighted by molar-refractivity contribution is 7.13. The van der Waals surface area contributed by atoms with Crippen molar-refractivity contribution in [2.45, 2.75) is 33.0 Å². The monoisotopic (exact) mass is 396 g/mol. The molecule has 0 spiro atoms. The lowest BCUT2D eigenvalue weighted by molar-refractivity contribution is -0.139. The van der Waals surface area contributed by atoms with Crippen LogP contribution in [-0.4, -0.2) is 18.2 Å². The molecule has 1 aromatic heterocycles. The van der Waals surface area contributed by atoms with Crippen molar-refractivity contribution >= 4 is 17.3 Å². The fourth-order valence-electron chi connectivity index (χ4n) is 3.28. The van der Waals surface area contributed by atoms with E-state index in [2.05, 4.69) is 44.2 Å². The van der Waals surface area contributed by atoms with E-state index in [1.54, 1.807) is 0 Å². The van der Waals surface area contributed by atoms with E-state index in [1.807, 2.05) is 24.3 Å². The van der Waals surface area contributed by atoms with E-state index in [9.17, 15) is 4.79 Å². The van der Waals surface area contributed by atoms with Crippen LogP contribution >= 0.6 is 11.3 Å². The Labute approximate surface area is 169 Å². The van der Waals surface area contributed by atoms with Gasteiger partial charge < -0.3 is 14.6 Å². The number of hydrogen-bond donors (Lipinski definition) is 1. The first-order valence-electron chi connectivity index (χ1n) is 9.10. The molecule has 1 unspecified atom stereocenters. The van der Waals surface area contributed by atoms with Crippen molar-refractivity contribution in [1.29, 1.82) is 0 Å². The first-order valence-corrected chi connectivity index (χ1v) is 9.92. The van der Waals surface area contributed by atoms with E-state index >= 15 is 0 Å². The number of thiophene rings is 1. The summed E-state index contributed by atoms with van der Waals surface area (Å²) >= 11 is 1.42. The second-order valence-corrected chi connectivity index (χ2v) is 7.81. The maximum atomic E-state index is 10.9. The number of hydrogen-bond acceptors (Lipinski definition) is 4. The number of methoxy groups -OCH3 is 1. The van der Waals surface area contributed by atoms with E-state index in [0.29, 0.717) is 6.61 Å². The maximum absolute atomic E-state index is 10.9. The molecule has 0 saturated heterocycles. The highest BCUT2D eigenvalue weighted by atomic mass is 32.1. The summed E-state index contributed by atoms with van der Waals surface area (Å²) in [5, 5.41) is 9.74. The third kappa shape index (κ3) is 4.80. The van der Waals surface area contributed by atoms with Crippen molar-refractivity contribution in [3.8, 4) is 16.2 Å². The Kier molecular flexibility index (Phi) is 6.49. The van der Waals surface area contributed by atoms with Crippen molar-refractivity contribution in [3.05, 3.63) is 76.2 Å². The summed E-state index contributed by atoms with van der Waals surface area (Å²) in [7, 11) is 1.52. The molecule has 4 nitrogen and oxygen atoms in total. The zero-order valence-electron chi connectivity index (χ0n) is 16.3. The van der Waals surface area contributed by atoms with Crippen molar-refractivity contribution in [1.82, 2.24) is 0 Å². The summed E-state index contributed by atoms with van der Waals surface area (Å²) in [4.78, 5) is 11.8. The Morgan fingerprint density at radius 3 is 2.46 bits per heavy atom. The number of carboxylic acids is 1. The van der Waals surface area contributed by atoms with Gasteiger partial charge in [0, 0.05) is 12.0 Å². The fraction of sp³-hybridized carbons (Fsp3) is 0.261. The molecule has 0 aliphatic carbocycles. The van der Waals surface area contributed by atoms with Gasteiger partial charge in [0.2, 0.25) is 0 Å². The van der Waals surface area contributed by atoms with Gasteiger partial charge in [0.25, 0.3) is 0 Å². The van der Waals surface area contributed by atoms with Crippen LogP contribution in [0, 0.1) is 13.8 Å². The lowest BCUT2D eigenvalue weighted by atomic mass is 9.95.